The van der Waals surface area contributed by atoms with Crippen LogP contribution in [0.1, 0.15) is 6.42 Å². The molecule has 0 aromatic heterocycles. The van der Waals surface area contributed by atoms with Crippen LogP contribution in [0.2, 0.25) is 0 Å². The highest BCUT2D eigenvalue weighted by molar-refractivity contribution is 4.70. The Morgan fingerprint density at radius 1 is 1.40 bits per heavy atom. The molecule has 0 heterocycles. The largest absolute Gasteiger partial charge is 0.419 e. The van der Waals surface area contributed by atoms with Crippen LogP contribution < -0.4 is 0 Å². The summed E-state index contributed by atoms with van der Waals surface area (Å²) in [5.41, 5.74) is 0. The van der Waals surface area contributed by atoms with Gasteiger partial charge in [-0.3, -0.25) is 0 Å². The van der Waals surface area contributed by atoms with E-state index in [2.05, 4.69) is 4.85 Å². The van der Waals surface area contributed by atoms with E-state index < -0.39 is 25.3 Å². The van der Waals surface area contributed by atoms with E-state index in [-0.39, 0.29) is 0 Å². The van der Waals surface area contributed by atoms with E-state index in [0.717, 1.165) is 0 Å². The highest BCUT2D eigenvalue weighted by Gasteiger charge is 2.40. The molecule has 0 rings (SSSR count). The lowest BCUT2D eigenvalue weighted by molar-refractivity contribution is -0.180. The third-order valence-electron chi connectivity index (χ3n) is 0.850. The van der Waals surface area contributed by atoms with E-state index in [1.165, 1.54) is 0 Å². The molecule has 0 saturated carbocycles. The monoisotopic (exact) mass is 155 g/mol. The lowest BCUT2D eigenvalue weighted by Gasteiger charge is -2.07. The van der Waals surface area contributed by atoms with Crippen LogP contribution >= 0.6 is 0 Å². The number of nitrogens with zero attached hydrogens (tertiary/aromatic N) is 1. The van der Waals surface area contributed by atoms with E-state index in [4.69, 9.17) is 6.57 Å². The average Bonchev–Trinajstić information content (AvgIpc) is 1.80. The summed E-state index contributed by atoms with van der Waals surface area (Å²) in [6.45, 7) is 5.68. The van der Waals surface area contributed by atoms with Gasteiger partial charge in [-0.25, -0.2) is 11.0 Å². The summed E-state index contributed by atoms with van der Waals surface area (Å²) in [5, 5.41) is 0. The van der Waals surface area contributed by atoms with Crippen LogP contribution in [-0.4, -0.2) is 18.9 Å². The van der Waals surface area contributed by atoms with Crippen LogP contribution in [0, 0.1) is 6.57 Å². The molecule has 0 aliphatic rings. The molecule has 5 heteroatoms. The molecular weight excluding hydrogens is 150 g/mol. The maximum absolute atomic E-state index is 11.8. The van der Waals surface area contributed by atoms with Crippen molar-refractivity contribution in [2.75, 3.05) is 6.54 Å². The maximum atomic E-state index is 11.8. The minimum Gasteiger partial charge on any atom is -0.317 e. The molecule has 0 N–H and O–H groups in total. The minimum atomic E-state index is -4.80. The van der Waals surface area contributed by atoms with Crippen LogP contribution in [-0.2, 0) is 0 Å². The lowest BCUT2D eigenvalue weighted by Crippen LogP contribution is -2.24. The third-order valence-corrected chi connectivity index (χ3v) is 0.850. The SMILES string of the molecule is [C-]#[N+]CCC(F)C(F)(F)F. The summed E-state index contributed by atoms with van der Waals surface area (Å²) < 4.78 is 45.7. The van der Waals surface area contributed by atoms with Crippen molar-refractivity contribution in [3.8, 4) is 0 Å². The summed E-state index contributed by atoms with van der Waals surface area (Å²) in [4.78, 5) is 2.60. The van der Waals surface area contributed by atoms with Gasteiger partial charge in [0.05, 0.1) is 6.42 Å². The molecule has 0 saturated heterocycles. The molecular formula is C5H5F4N. The normalized spacial score (nSPS) is 14.3. The Bertz CT molecular complexity index is 134. The van der Waals surface area contributed by atoms with Gasteiger partial charge >= 0.3 is 6.18 Å². The molecule has 0 amide bonds. The van der Waals surface area contributed by atoms with Gasteiger partial charge in [0.15, 0.2) is 0 Å². The first-order chi connectivity index (χ1) is 4.48. The first-order valence-corrected chi connectivity index (χ1v) is 2.52. The molecule has 58 valence electrons. The highest BCUT2D eigenvalue weighted by Crippen LogP contribution is 2.24. The Balaban J connectivity index is 3.65. The summed E-state index contributed by atoms with van der Waals surface area (Å²) in [5.74, 6) is 0. The second-order valence-electron chi connectivity index (χ2n) is 1.68. The summed E-state index contributed by atoms with van der Waals surface area (Å²) in [6, 6.07) is 0. The first-order valence-electron chi connectivity index (χ1n) is 2.52. The molecule has 1 unspecified atom stereocenters. The zero-order valence-corrected chi connectivity index (χ0v) is 4.95. The predicted octanol–water partition coefficient (Wildman–Crippen LogP) is 2.20. The van der Waals surface area contributed by atoms with E-state index >= 15 is 0 Å². The quantitative estimate of drug-likeness (QED) is 0.425. The number of halogens is 4. The van der Waals surface area contributed by atoms with Gasteiger partial charge in [0, 0.05) is 0 Å². The van der Waals surface area contributed by atoms with Gasteiger partial charge in [-0.2, -0.15) is 13.2 Å². The summed E-state index contributed by atoms with van der Waals surface area (Å²) in [7, 11) is 0. The predicted molar refractivity (Wildman–Crippen MR) is 27.0 cm³/mol. The van der Waals surface area contributed by atoms with Gasteiger partial charge in [0.25, 0.3) is 0 Å². The summed E-state index contributed by atoms with van der Waals surface area (Å²) >= 11 is 0. The fraction of sp³-hybridized carbons (Fsp3) is 0.800. The summed E-state index contributed by atoms with van der Waals surface area (Å²) in [6.07, 6.45) is -8.40. The van der Waals surface area contributed by atoms with Gasteiger partial charge < -0.3 is 4.85 Å². The molecule has 0 aliphatic carbocycles. The standard InChI is InChI=1S/C5H5F4N/c1-10-3-2-4(6)5(7,8)9/h4H,2-3H2. The Morgan fingerprint density at radius 3 is 2.20 bits per heavy atom. The van der Waals surface area contributed by atoms with Crippen LogP contribution in [0.25, 0.3) is 4.85 Å². The van der Waals surface area contributed by atoms with E-state index in [1.807, 2.05) is 0 Å². The van der Waals surface area contributed by atoms with Gasteiger partial charge in [-0.15, -0.1) is 0 Å². The molecule has 0 aromatic carbocycles. The van der Waals surface area contributed by atoms with Crippen LogP contribution in [0.3, 0.4) is 0 Å². The second kappa shape index (κ2) is 3.40. The zero-order chi connectivity index (χ0) is 8.20. The second-order valence-corrected chi connectivity index (χ2v) is 1.68. The van der Waals surface area contributed by atoms with Crippen molar-refractivity contribution >= 4 is 0 Å². The Labute approximate surface area is 55.5 Å². The van der Waals surface area contributed by atoms with Crippen LogP contribution in [0.4, 0.5) is 17.6 Å². The molecule has 1 nitrogen and oxygen atoms in total. The molecule has 10 heavy (non-hydrogen) atoms. The number of alkyl halides is 4. The molecule has 0 aliphatic heterocycles. The van der Waals surface area contributed by atoms with Crippen molar-refractivity contribution in [2.24, 2.45) is 0 Å². The third kappa shape index (κ3) is 3.28. The smallest absolute Gasteiger partial charge is 0.317 e. The molecule has 0 spiro atoms. The fourth-order valence-electron chi connectivity index (χ4n) is 0.342. The van der Waals surface area contributed by atoms with Crippen molar-refractivity contribution in [3.05, 3.63) is 11.4 Å². The average molecular weight is 155 g/mol. The number of hydrogen-bond acceptors (Lipinski definition) is 0. The molecule has 0 fully saturated rings. The fourth-order valence-corrected chi connectivity index (χ4v) is 0.342. The van der Waals surface area contributed by atoms with Crippen LogP contribution in [0.15, 0.2) is 0 Å². The molecule has 1 atom stereocenters. The van der Waals surface area contributed by atoms with Crippen LogP contribution in [0.5, 0.6) is 0 Å². The minimum absolute atomic E-state index is 0.416. The van der Waals surface area contributed by atoms with E-state index in [9.17, 15) is 17.6 Å². The highest BCUT2D eigenvalue weighted by atomic mass is 19.4. The van der Waals surface area contributed by atoms with Gasteiger partial charge in [-0.1, -0.05) is 0 Å². The van der Waals surface area contributed by atoms with E-state index in [0.29, 0.717) is 0 Å². The Kier molecular flexibility index (Phi) is 3.13. The van der Waals surface area contributed by atoms with Crippen molar-refractivity contribution in [2.45, 2.75) is 18.8 Å². The number of rotatable bonds is 2. The van der Waals surface area contributed by atoms with Gasteiger partial charge in [-0.05, 0) is 0 Å². The van der Waals surface area contributed by atoms with Gasteiger partial charge in [0.1, 0.15) is 0 Å². The van der Waals surface area contributed by atoms with Gasteiger partial charge in [0.2, 0.25) is 12.7 Å². The first kappa shape index (κ1) is 9.21. The zero-order valence-electron chi connectivity index (χ0n) is 4.95. The van der Waals surface area contributed by atoms with Crippen molar-refractivity contribution in [1.29, 1.82) is 0 Å². The van der Waals surface area contributed by atoms with Crippen molar-refractivity contribution in [1.82, 2.24) is 0 Å². The van der Waals surface area contributed by atoms with E-state index in [1.54, 1.807) is 0 Å². The number of hydrogen-bond donors (Lipinski definition) is 0. The van der Waals surface area contributed by atoms with Crippen molar-refractivity contribution in [3.63, 3.8) is 0 Å². The molecule has 0 bridgehead atoms. The lowest BCUT2D eigenvalue weighted by atomic mass is 10.3. The Hall–Kier alpha value is -0.790. The molecule has 0 radical (unpaired) electrons. The Morgan fingerprint density at radius 2 is 1.90 bits per heavy atom. The molecule has 0 aromatic rings. The maximum Gasteiger partial charge on any atom is 0.419 e. The topological polar surface area (TPSA) is 4.36 Å². The van der Waals surface area contributed by atoms with Crippen molar-refractivity contribution < 1.29 is 17.6 Å².